The van der Waals surface area contributed by atoms with Gasteiger partial charge in [-0.1, -0.05) is 24.1 Å². The van der Waals surface area contributed by atoms with E-state index in [1.165, 1.54) is 5.57 Å². The number of methoxy groups -OCH3 is 1. The van der Waals surface area contributed by atoms with E-state index in [1.807, 2.05) is 24.3 Å². The van der Waals surface area contributed by atoms with Gasteiger partial charge in [0.2, 0.25) is 0 Å². The molecule has 0 heterocycles. The Bertz CT molecular complexity index is 698. The molecule has 1 saturated carbocycles. The summed E-state index contributed by atoms with van der Waals surface area (Å²) >= 11 is 0. The number of hydrogen-bond donors (Lipinski definition) is 2. The van der Waals surface area contributed by atoms with Crippen LogP contribution >= 0.6 is 0 Å². The second-order valence-corrected chi connectivity index (χ2v) is 8.32. The molecule has 0 amide bonds. The van der Waals surface area contributed by atoms with Crippen LogP contribution in [0.1, 0.15) is 51.4 Å². The summed E-state index contributed by atoms with van der Waals surface area (Å²) in [5.74, 6) is 2.05. The van der Waals surface area contributed by atoms with Gasteiger partial charge in [-0.15, -0.1) is 0 Å². The fourth-order valence-electron chi connectivity index (χ4n) is 4.87. The number of carbonyl (C=O) groups is 1. The zero-order chi connectivity index (χ0) is 20.6. The SMILES string of the molecule is COc1cccc(OCCCC(=O)[C@@H]2[C@@H]3CC(CCCCCO)=C[C@@H]3C[C@H]2O)c1. The molecule has 5 nitrogen and oxygen atoms in total. The summed E-state index contributed by atoms with van der Waals surface area (Å²) in [5.41, 5.74) is 1.43. The van der Waals surface area contributed by atoms with Gasteiger partial charge in [-0.3, -0.25) is 4.79 Å². The van der Waals surface area contributed by atoms with Crippen molar-refractivity contribution in [1.29, 1.82) is 0 Å². The van der Waals surface area contributed by atoms with Gasteiger partial charge >= 0.3 is 0 Å². The van der Waals surface area contributed by atoms with Gasteiger partial charge in [0.25, 0.3) is 0 Å². The zero-order valence-electron chi connectivity index (χ0n) is 17.4. The van der Waals surface area contributed by atoms with Crippen LogP contribution in [-0.2, 0) is 4.79 Å². The number of allylic oxidation sites excluding steroid dienone is 2. The van der Waals surface area contributed by atoms with E-state index in [0.717, 1.165) is 43.6 Å². The predicted molar refractivity (Wildman–Crippen MR) is 112 cm³/mol. The zero-order valence-corrected chi connectivity index (χ0v) is 17.4. The summed E-state index contributed by atoms with van der Waals surface area (Å²) in [4.78, 5) is 12.8. The second-order valence-electron chi connectivity index (χ2n) is 8.32. The van der Waals surface area contributed by atoms with Crippen molar-refractivity contribution in [2.24, 2.45) is 17.8 Å². The average molecular weight is 403 g/mol. The number of rotatable bonds is 12. The number of ketones is 1. The molecule has 1 fully saturated rings. The molecule has 0 unspecified atom stereocenters. The largest absolute Gasteiger partial charge is 0.497 e. The highest BCUT2D eigenvalue weighted by atomic mass is 16.5. The summed E-state index contributed by atoms with van der Waals surface area (Å²) in [7, 11) is 1.62. The summed E-state index contributed by atoms with van der Waals surface area (Å²) in [5, 5.41) is 19.4. The Morgan fingerprint density at radius 2 is 2.00 bits per heavy atom. The quantitative estimate of drug-likeness (QED) is 0.409. The Morgan fingerprint density at radius 3 is 2.79 bits per heavy atom. The maximum absolute atomic E-state index is 12.8. The fraction of sp³-hybridized carbons (Fsp3) is 0.625. The molecule has 2 aliphatic rings. The van der Waals surface area contributed by atoms with Gasteiger partial charge in [0.05, 0.1) is 19.8 Å². The number of hydrogen-bond acceptors (Lipinski definition) is 5. The highest BCUT2D eigenvalue weighted by Crippen LogP contribution is 2.48. The third kappa shape index (κ3) is 5.83. The summed E-state index contributed by atoms with van der Waals surface area (Å²) in [6, 6.07) is 7.45. The Labute approximate surface area is 173 Å². The first-order chi connectivity index (χ1) is 14.1. The molecule has 0 aromatic heterocycles. The molecule has 0 saturated heterocycles. The van der Waals surface area contributed by atoms with Crippen LogP contribution in [0, 0.1) is 17.8 Å². The van der Waals surface area contributed by atoms with Crippen LogP contribution in [0.5, 0.6) is 11.5 Å². The molecule has 0 aliphatic heterocycles. The first kappa shape index (κ1) is 21.8. The molecule has 3 rings (SSSR count). The summed E-state index contributed by atoms with van der Waals surface area (Å²) < 4.78 is 10.9. The van der Waals surface area contributed by atoms with Crippen molar-refractivity contribution in [2.75, 3.05) is 20.3 Å². The molecule has 2 aliphatic carbocycles. The molecule has 0 bridgehead atoms. The van der Waals surface area contributed by atoms with Gasteiger partial charge in [0.1, 0.15) is 17.3 Å². The van der Waals surface area contributed by atoms with Crippen molar-refractivity contribution in [3.8, 4) is 11.5 Å². The van der Waals surface area contributed by atoms with E-state index >= 15 is 0 Å². The fourth-order valence-corrected chi connectivity index (χ4v) is 4.87. The molecule has 160 valence electrons. The van der Waals surface area contributed by atoms with Gasteiger partial charge in [0, 0.05) is 25.0 Å². The molecule has 4 atom stereocenters. The van der Waals surface area contributed by atoms with Gasteiger partial charge in [0.15, 0.2) is 0 Å². The van der Waals surface area contributed by atoms with Crippen LogP contribution < -0.4 is 9.47 Å². The molecular formula is C24H34O5. The predicted octanol–water partition coefficient (Wildman–Crippen LogP) is 3.92. The molecule has 0 radical (unpaired) electrons. The minimum Gasteiger partial charge on any atom is -0.497 e. The van der Waals surface area contributed by atoms with Crippen LogP contribution in [0.3, 0.4) is 0 Å². The smallest absolute Gasteiger partial charge is 0.138 e. The number of unbranched alkanes of at least 4 members (excludes halogenated alkanes) is 2. The van der Waals surface area contributed by atoms with E-state index in [4.69, 9.17) is 14.6 Å². The maximum Gasteiger partial charge on any atom is 0.138 e. The van der Waals surface area contributed by atoms with Crippen LogP contribution in [-0.4, -0.2) is 42.4 Å². The van der Waals surface area contributed by atoms with Crippen LogP contribution in [0.15, 0.2) is 35.9 Å². The van der Waals surface area contributed by atoms with Crippen molar-refractivity contribution in [3.05, 3.63) is 35.9 Å². The minimum atomic E-state index is -0.510. The van der Waals surface area contributed by atoms with E-state index in [9.17, 15) is 9.90 Å². The van der Waals surface area contributed by atoms with Crippen molar-refractivity contribution in [1.82, 2.24) is 0 Å². The molecular weight excluding hydrogens is 368 g/mol. The number of benzene rings is 1. The first-order valence-electron chi connectivity index (χ1n) is 10.9. The second kappa shape index (κ2) is 10.8. The lowest BCUT2D eigenvalue weighted by molar-refractivity contribution is -0.127. The standard InChI is InChI=1S/C24H34O5/c1-28-19-8-5-9-20(16-19)29-12-6-10-22(26)24-21-14-17(7-3-2-4-11-25)13-18(21)15-23(24)27/h5,8-9,13,16,18,21,23-25,27H,2-4,6-7,10-12,14-15H2,1H3/t18-,21-,23-,24+/m1/s1. The Kier molecular flexibility index (Phi) is 8.13. The van der Waals surface area contributed by atoms with Crippen molar-refractivity contribution in [2.45, 2.75) is 57.5 Å². The van der Waals surface area contributed by atoms with Gasteiger partial charge < -0.3 is 19.7 Å². The first-order valence-corrected chi connectivity index (χ1v) is 10.9. The third-order valence-electron chi connectivity index (χ3n) is 6.29. The summed E-state index contributed by atoms with van der Waals surface area (Å²) in [6.07, 6.45) is 8.60. The number of carbonyl (C=O) groups excluding carboxylic acids is 1. The third-order valence-corrected chi connectivity index (χ3v) is 6.29. The highest BCUT2D eigenvalue weighted by Gasteiger charge is 2.47. The molecule has 2 N–H and O–H groups in total. The van der Waals surface area contributed by atoms with Gasteiger partial charge in [-0.2, -0.15) is 0 Å². The maximum atomic E-state index is 12.8. The van der Waals surface area contributed by atoms with E-state index in [-0.39, 0.29) is 24.2 Å². The lowest BCUT2D eigenvalue weighted by Crippen LogP contribution is -2.28. The van der Waals surface area contributed by atoms with Crippen LogP contribution in [0.2, 0.25) is 0 Å². The number of aliphatic hydroxyl groups excluding tert-OH is 2. The Balaban J connectivity index is 1.42. The normalized spacial score (nSPS) is 25.6. The molecule has 1 aromatic rings. The number of fused-ring (bicyclic) bond motifs is 1. The molecule has 1 aromatic carbocycles. The van der Waals surface area contributed by atoms with E-state index in [2.05, 4.69) is 6.08 Å². The van der Waals surface area contributed by atoms with Crippen LogP contribution in [0.4, 0.5) is 0 Å². The Morgan fingerprint density at radius 1 is 1.17 bits per heavy atom. The molecule has 29 heavy (non-hydrogen) atoms. The number of Topliss-reactive ketones (excluding diaryl/α,β-unsaturated/α-hetero) is 1. The monoisotopic (exact) mass is 402 g/mol. The van der Waals surface area contributed by atoms with Gasteiger partial charge in [-0.25, -0.2) is 0 Å². The van der Waals surface area contributed by atoms with Crippen molar-refractivity contribution in [3.63, 3.8) is 0 Å². The summed E-state index contributed by atoms with van der Waals surface area (Å²) in [6.45, 7) is 0.735. The van der Waals surface area contributed by atoms with E-state index < -0.39 is 6.10 Å². The van der Waals surface area contributed by atoms with Crippen LogP contribution in [0.25, 0.3) is 0 Å². The van der Waals surface area contributed by atoms with E-state index in [1.54, 1.807) is 7.11 Å². The number of ether oxygens (including phenoxy) is 2. The lowest BCUT2D eigenvalue weighted by Gasteiger charge is -2.20. The van der Waals surface area contributed by atoms with Crippen molar-refractivity contribution >= 4 is 5.78 Å². The minimum absolute atomic E-state index is 0.175. The topological polar surface area (TPSA) is 76.0 Å². The Hall–Kier alpha value is -1.85. The highest BCUT2D eigenvalue weighted by molar-refractivity contribution is 5.82. The molecule has 5 heteroatoms. The van der Waals surface area contributed by atoms with E-state index in [0.29, 0.717) is 31.8 Å². The average Bonchev–Trinajstić information content (AvgIpc) is 3.24. The van der Waals surface area contributed by atoms with Gasteiger partial charge in [-0.05, 0) is 62.5 Å². The number of aliphatic hydroxyl groups is 2. The molecule has 0 spiro atoms. The van der Waals surface area contributed by atoms with Crippen molar-refractivity contribution < 1.29 is 24.5 Å². The lowest BCUT2D eigenvalue weighted by atomic mass is 9.84.